The number of fused-ring (bicyclic) bond motifs is 2. The van der Waals surface area contributed by atoms with E-state index in [0.717, 1.165) is 10.0 Å². The molecule has 0 nitrogen and oxygen atoms in total. The van der Waals surface area contributed by atoms with Crippen LogP contribution in [0.4, 0.5) is 0 Å². The minimum absolute atomic E-state index is 0. The summed E-state index contributed by atoms with van der Waals surface area (Å²) in [6.45, 7) is 9.93. The summed E-state index contributed by atoms with van der Waals surface area (Å²) in [6, 6.07) is 30.4. The first-order valence-corrected chi connectivity index (χ1v) is 22.9. The Balaban J connectivity index is 0.00000185. The molecule has 2 aliphatic rings. The molecule has 0 heterocycles. The Kier molecular flexibility index (Phi) is 10.1. The van der Waals surface area contributed by atoms with E-state index in [0.29, 0.717) is 7.25 Å². The van der Waals surface area contributed by atoms with Crippen molar-refractivity contribution in [2.75, 3.05) is 0 Å². The van der Waals surface area contributed by atoms with Gasteiger partial charge in [0, 0.05) is 0 Å². The van der Waals surface area contributed by atoms with E-state index in [1.807, 2.05) is 12.1 Å². The fraction of sp³-hybridized carbons (Fsp3) is 0.176. The first kappa shape index (κ1) is 31.6. The molecule has 0 bridgehead atoms. The van der Waals surface area contributed by atoms with Crippen LogP contribution in [-0.2, 0) is 20.4 Å². The van der Waals surface area contributed by atoms with Crippen molar-refractivity contribution in [2.24, 2.45) is 0 Å². The summed E-state index contributed by atoms with van der Waals surface area (Å²) in [5.41, 5.74) is 13.6. The number of allylic oxidation sites excluding steroid dienone is 2. The van der Waals surface area contributed by atoms with Gasteiger partial charge in [-0.15, -0.1) is 24.8 Å². The van der Waals surface area contributed by atoms with Crippen LogP contribution in [0.3, 0.4) is 0 Å². The van der Waals surface area contributed by atoms with Crippen molar-refractivity contribution in [1.82, 2.24) is 0 Å². The van der Waals surface area contributed by atoms with E-state index >= 15 is 0 Å². The van der Waals surface area contributed by atoms with Gasteiger partial charge in [-0.2, -0.15) is 0 Å². The zero-order chi connectivity index (χ0) is 26.6. The molecule has 40 heavy (non-hydrogen) atoms. The van der Waals surface area contributed by atoms with E-state index in [1.54, 1.807) is 22.3 Å². The number of hydrogen-bond donors (Lipinski definition) is 0. The largest absolute Gasteiger partial charge is 0.147 e. The van der Waals surface area contributed by atoms with E-state index in [-0.39, 0.29) is 24.8 Å². The molecule has 2 aliphatic carbocycles. The van der Waals surface area contributed by atoms with Gasteiger partial charge in [0.2, 0.25) is 0 Å². The fourth-order valence-corrected chi connectivity index (χ4v) is 27.6. The Morgan fingerprint density at radius 2 is 1.00 bits per heavy atom. The van der Waals surface area contributed by atoms with Crippen LogP contribution in [0.15, 0.2) is 96.1 Å². The third-order valence-corrected chi connectivity index (χ3v) is 28.4. The zero-order valence-electron chi connectivity index (χ0n) is 23.0. The van der Waals surface area contributed by atoms with Gasteiger partial charge in [-0.05, 0) is 0 Å². The first-order chi connectivity index (χ1) is 18.3. The standard InChI is InChI=1S/2C16H12Cl.C2H6Si.2ClH.Zr/c2*1-11-8-12-5-3-7-15(16(12)9-11)13-4-2-6-14(17)10-13;1-3-2;;;/h2*2-10H,1H3;1-2H3;2*1H;. The molecule has 0 amide bonds. The number of rotatable bonds is 4. The molecule has 2 unspecified atom stereocenters. The summed E-state index contributed by atoms with van der Waals surface area (Å²) >= 11 is 10.7. The van der Waals surface area contributed by atoms with Crippen molar-refractivity contribution in [3.63, 3.8) is 0 Å². The SMILES string of the molecule is CC1=Cc2c(-c3cccc(Cl)c3)cccc2[CH]1[Zr]([CH]1C(C)=Cc2c(-c3cccc(Cl)c3)cccc21)=[Si](C)C.Cl.Cl. The monoisotopic (exact) mass is 698 g/mol. The molecule has 6 heteroatoms. The predicted molar refractivity (Wildman–Crippen MR) is 179 cm³/mol. The van der Waals surface area contributed by atoms with Gasteiger partial charge in [0.25, 0.3) is 0 Å². The average molecular weight is 702 g/mol. The Morgan fingerprint density at radius 1 is 0.600 bits per heavy atom. The van der Waals surface area contributed by atoms with Crippen molar-refractivity contribution in [1.29, 1.82) is 0 Å². The molecule has 0 saturated heterocycles. The summed E-state index contributed by atoms with van der Waals surface area (Å²) in [4.78, 5) is 0. The van der Waals surface area contributed by atoms with Crippen LogP contribution in [0.1, 0.15) is 43.4 Å². The molecule has 4 aromatic carbocycles. The second-order valence-corrected chi connectivity index (χ2v) is 29.5. The third-order valence-electron chi connectivity index (χ3n) is 8.03. The van der Waals surface area contributed by atoms with E-state index in [1.165, 1.54) is 33.4 Å². The fourth-order valence-electron chi connectivity index (χ4n) is 6.49. The third kappa shape index (κ3) is 5.66. The van der Waals surface area contributed by atoms with Crippen molar-refractivity contribution in [2.45, 2.75) is 34.2 Å². The molecular weight excluding hydrogens is 669 g/mol. The average Bonchev–Trinajstić information content (AvgIpc) is 3.40. The van der Waals surface area contributed by atoms with Gasteiger partial charge in [-0.25, -0.2) is 0 Å². The normalized spacial score (nSPS) is 16.6. The van der Waals surface area contributed by atoms with Gasteiger partial charge in [0.15, 0.2) is 0 Å². The molecule has 0 aromatic heterocycles. The first-order valence-electron chi connectivity index (χ1n) is 13.1. The molecule has 0 spiro atoms. The number of benzene rings is 4. The molecule has 0 N–H and O–H groups in total. The second kappa shape index (κ2) is 12.9. The van der Waals surface area contributed by atoms with E-state index in [9.17, 15) is 0 Å². The molecule has 2 atom stereocenters. The van der Waals surface area contributed by atoms with Crippen LogP contribution >= 0.6 is 48.0 Å². The molecule has 4 aromatic rings. The van der Waals surface area contributed by atoms with E-state index in [2.05, 4.69) is 112 Å². The predicted octanol–water partition coefficient (Wildman–Crippen LogP) is 11.7. The van der Waals surface area contributed by atoms with Crippen LogP contribution < -0.4 is 0 Å². The number of halogens is 4. The maximum Gasteiger partial charge on any atom is -0.147 e. The topological polar surface area (TPSA) is 0 Å². The molecular formula is C34H32Cl4SiZr. The van der Waals surface area contributed by atoms with Gasteiger partial charge < -0.3 is 0 Å². The van der Waals surface area contributed by atoms with E-state index < -0.39 is 25.8 Å². The molecule has 0 fully saturated rings. The summed E-state index contributed by atoms with van der Waals surface area (Å²) in [5.74, 6) is 0. The summed E-state index contributed by atoms with van der Waals surface area (Å²) in [6.07, 6.45) is 4.97. The zero-order valence-corrected chi connectivity index (χ0v) is 29.6. The van der Waals surface area contributed by atoms with Gasteiger partial charge >= 0.3 is 246 Å². The van der Waals surface area contributed by atoms with Crippen molar-refractivity contribution >= 4 is 65.6 Å². The smallest absolute Gasteiger partial charge is 0.147 e. The van der Waals surface area contributed by atoms with Crippen LogP contribution in [0.5, 0.6) is 0 Å². The van der Waals surface area contributed by atoms with Gasteiger partial charge in [-0.1, -0.05) is 0 Å². The van der Waals surface area contributed by atoms with Crippen molar-refractivity contribution in [3.8, 4) is 22.3 Å². The Hall–Kier alpha value is -1.38. The quantitative estimate of drug-likeness (QED) is 0.186. The Bertz CT molecular complexity index is 1580. The summed E-state index contributed by atoms with van der Waals surface area (Å²) < 4.78 is 1.20. The molecule has 0 saturated carbocycles. The minimum Gasteiger partial charge on any atom is -0.147 e. The van der Waals surface area contributed by atoms with Crippen LogP contribution in [0, 0.1) is 0 Å². The minimum atomic E-state index is -2.12. The Morgan fingerprint density at radius 3 is 1.38 bits per heavy atom. The summed E-state index contributed by atoms with van der Waals surface area (Å²) in [7, 11) is 0. The van der Waals surface area contributed by atoms with Crippen molar-refractivity contribution < 1.29 is 20.4 Å². The van der Waals surface area contributed by atoms with Crippen LogP contribution in [0.2, 0.25) is 23.1 Å². The van der Waals surface area contributed by atoms with Gasteiger partial charge in [0.05, 0.1) is 0 Å². The molecule has 0 radical (unpaired) electrons. The maximum atomic E-state index is 6.40. The molecule has 204 valence electrons. The second-order valence-electron chi connectivity index (χ2n) is 10.7. The van der Waals surface area contributed by atoms with Crippen molar-refractivity contribution in [3.05, 3.63) is 128 Å². The molecule has 6 rings (SSSR count). The maximum absolute atomic E-state index is 6.40. The Labute approximate surface area is 268 Å². The van der Waals surface area contributed by atoms with Gasteiger partial charge in [-0.3, -0.25) is 0 Å². The van der Waals surface area contributed by atoms with Crippen LogP contribution in [0.25, 0.3) is 34.4 Å². The summed E-state index contributed by atoms with van der Waals surface area (Å²) in [5, 5.41) is 1.58. The van der Waals surface area contributed by atoms with Gasteiger partial charge in [0.1, 0.15) is 0 Å². The van der Waals surface area contributed by atoms with Crippen LogP contribution in [-0.4, -0.2) is 5.43 Å². The number of hydrogen-bond acceptors (Lipinski definition) is 0. The molecule has 0 aliphatic heterocycles. The van der Waals surface area contributed by atoms with E-state index in [4.69, 9.17) is 23.2 Å².